The number of rotatable bonds is 6. The lowest BCUT2D eigenvalue weighted by Gasteiger charge is -2.26. The molecule has 2 atom stereocenters. The van der Waals surface area contributed by atoms with E-state index in [0.717, 1.165) is 11.1 Å². The molecule has 0 saturated carbocycles. The van der Waals surface area contributed by atoms with Crippen LogP contribution in [0.3, 0.4) is 0 Å². The molecule has 0 heterocycles. The average molecular weight is 356 g/mol. The second kappa shape index (κ2) is 7.22. The molecule has 2 aromatic rings. The van der Waals surface area contributed by atoms with Gasteiger partial charge in [-0.1, -0.05) is 38.1 Å². The zero-order valence-corrected chi connectivity index (χ0v) is 14.1. The van der Waals surface area contributed by atoms with Crippen LogP contribution in [0.2, 0.25) is 0 Å². The molecule has 2 N–H and O–H groups in total. The Morgan fingerprint density at radius 1 is 0.739 bits per heavy atom. The summed E-state index contributed by atoms with van der Waals surface area (Å²) >= 11 is -4.69. The quantitative estimate of drug-likeness (QED) is 0.773. The SMILES string of the molecule is CC(C)(c1ccc(OS(=O)O)cc1)c1ccc(OS(=O)O)cc1. The fourth-order valence-electron chi connectivity index (χ4n) is 2.19. The maximum atomic E-state index is 10.6. The molecule has 2 unspecified atom stereocenters. The molecule has 6 nitrogen and oxygen atoms in total. The topological polar surface area (TPSA) is 93.1 Å². The Morgan fingerprint density at radius 2 is 1.04 bits per heavy atom. The lowest BCUT2D eigenvalue weighted by molar-refractivity contribution is 0.456. The van der Waals surface area contributed by atoms with E-state index < -0.39 is 22.7 Å². The van der Waals surface area contributed by atoms with Crippen molar-refractivity contribution >= 4 is 22.7 Å². The summed E-state index contributed by atoms with van der Waals surface area (Å²) in [6.45, 7) is 4.04. The van der Waals surface area contributed by atoms with Crippen molar-refractivity contribution in [3.05, 3.63) is 59.7 Å². The molecular formula is C15H16O6S2. The lowest BCUT2D eigenvalue weighted by atomic mass is 9.78. The summed E-state index contributed by atoms with van der Waals surface area (Å²) in [7, 11) is 0. The molecule has 8 heteroatoms. The van der Waals surface area contributed by atoms with Crippen molar-refractivity contribution in [1.29, 1.82) is 0 Å². The second-order valence-electron chi connectivity index (χ2n) is 5.27. The first-order valence-electron chi connectivity index (χ1n) is 6.58. The standard InChI is InChI=1S/C15H16O6S2/c1-15(2,11-3-7-13(8-4-11)20-22(16)17)12-5-9-14(10-6-12)21-23(18)19/h3-10H,1-2H3,(H,16,17)(H,18,19). The van der Waals surface area contributed by atoms with Crippen LogP contribution < -0.4 is 8.37 Å². The zero-order chi connectivity index (χ0) is 17.0. The normalized spacial score (nSPS) is 14.1. The molecule has 0 fully saturated rings. The summed E-state index contributed by atoms with van der Waals surface area (Å²) in [6.07, 6.45) is 0. The molecular weight excluding hydrogens is 340 g/mol. The van der Waals surface area contributed by atoms with Crippen molar-refractivity contribution in [1.82, 2.24) is 0 Å². The summed E-state index contributed by atoms with van der Waals surface area (Å²) in [6, 6.07) is 13.7. The van der Waals surface area contributed by atoms with E-state index in [4.69, 9.17) is 17.5 Å². The highest BCUT2D eigenvalue weighted by molar-refractivity contribution is 7.74. The summed E-state index contributed by atoms with van der Waals surface area (Å²) < 4.78 is 48.0. The fraction of sp³-hybridized carbons (Fsp3) is 0.200. The van der Waals surface area contributed by atoms with Gasteiger partial charge in [0.2, 0.25) is 0 Å². The summed E-state index contributed by atoms with van der Waals surface area (Å²) in [5.74, 6) is 0.610. The maximum absolute atomic E-state index is 10.6. The molecule has 0 amide bonds. The molecule has 2 rings (SSSR count). The maximum Gasteiger partial charge on any atom is 0.357 e. The third-order valence-corrected chi connectivity index (χ3v) is 4.16. The molecule has 0 aliphatic carbocycles. The van der Waals surface area contributed by atoms with Crippen molar-refractivity contribution < 1.29 is 25.9 Å². The van der Waals surface area contributed by atoms with Crippen LogP contribution in [-0.4, -0.2) is 17.5 Å². The largest absolute Gasteiger partial charge is 0.380 e. The van der Waals surface area contributed by atoms with E-state index in [9.17, 15) is 8.42 Å². The first kappa shape index (κ1) is 17.6. The van der Waals surface area contributed by atoms with Gasteiger partial charge in [-0.3, -0.25) is 9.11 Å². The van der Waals surface area contributed by atoms with E-state index in [0.29, 0.717) is 11.5 Å². The zero-order valence-electron chi connectivity index (χ0n) is 12.5. The van der Waals surface area contributed by atoms with Crippen molar-refractivity contribution in [3.63, 3.8) is 0 Å². The van der Waals surface area contributed by atoms with E-state index >= 15 is 0 Å². The minimum absolute atomic E-state index is 0.305. The molecule has 0 aromatic heterocycles. The molecule has 0 radical (unpaired) electrons. The lowest BCUT2D eigenvalue weighted by Crippen LogP contribution is -2.18. The van der Waals surface area contributed by atoms with Gasteiger partial charge < -0.3 is 8.37 Å². The van der Waals surface area contributed by atoms with Gasteiger partial charge in [-0.25, -0.2) is 0 Å². The van der Waals surface area contributed by atoms with Gasteiger partial charge >= 0.3 is 22.7 Å². The Bertz CT molecular complexity index is 648. The Hall–Kier alpha value is -1.74. The Labute approximate surface area is 139 Å². The van der Waals surface area contributed by atoms with E-state index in [1.807, 2.05) is 38.1 Å². The van der Waals surface area contributed by atoms with E-state index in [2.05, 4.69) is 0 Å². The highest BCUT2D eigenvalue weighted by atomic mass is 32.2. The van der Waals surface area contributed by atoms with Crippen LogP contribution in [-0.2, 0) is 28.1 Å². The van der Waals surface area contributed by atoms with Gasteiger partial charge in [0.15, 0.2) is 0 Å². The van der Waals surface area contributed by atoms with Crippen LogP contribution in [0, 0.1) is 0 Å². The molecule has 124 valence electrons. The van der Waals surface area contributed by atoms with Crippen LogP contribution >= 0.6 is 0 Å². The van der Waals surface area contributed by atoms with Crippen molar-refractivity contribution in [2.75, 3.05) is 0 Å². The first-order chi connectivity index (χ1) is 10.8. The summed E-state index contributed by atoms with van der Waals surface area (Å²) in [5, 5.41) is 0. The van der Waals surface area contributed by atoms with Gasteiger partial charge in [0, 0.05) is 5.41 Å². The predicted molar refractivity (Wildman–Crippen MR) is 87.8 cm³/mol. The molecule has 2 aromatic carbocycles. The van der Waals surface area contributed by atoms with E-state index in [-0.39, 0.29) is 5.41 Å². The highest BCUT2D eigenvalue weighted by Crippen LogP contribution is 2.33. The number of benzene rings is 2. The van der Waals surface area contributed by atoms with Crippen LogP contribution in [0.15, 0.2) is 48.5 Å². The Balaban J connectivity index is 2.23. The Kier molecular flexibility index (Phi) is 5.53. The third kappa shape index (κ3) is 4.61. The van der Waals surface area contributed by atoms with Gasteiger partial charge in [-0.15, -0.1) is 0 Å². The minimum atomic E-state index is -2.35. The van der Waals surface area contributed by atoms with Crippen molar-refractivity contribution in [2.45, 2.75) is 19.3 Å². The van der Waals surface area contributed by atoms with E-state index in [1.54, 1.807) is 24.3 Å². The molecule has 0 aliphatic rings. The summed E-state index contributed by atoms with van der Waals surface area (Å²) in [5.41, 5.74) is 1.62. The number of hydrogen-bond acceptors (Lipinski definition) is 4. The summed E-state index contributed by atoms with van der Waals surface area (Å²) in [4.78, 5) is 0. The molecule has 23 heavy (non-hydrogen) atoms. The van der Waals surface area contributed by atoms with E-state index in [1.165, 1.54) is 0 Å². The van der Waals surface area contributed by atoms with Gasteiger partial charge in [-0.2, -0.15) is 8.42 Å². The molecule has 0 spiro atoms. The van der Waals surface area contributed by atoms with Gasteiger partial charge in [-0.05, 0) is 35.4 Å². The van der Waals surface area contributed by atoms with Crippen LogP contribution in [0.4, 0.5) is 0 Å². The van der Waals surface area contributed by atoms with Gasteiger partial charge in [0.05, 0.1) is 0 Å². The molecule has 0 bridgehead atoms. The molecule has 0 aliphatic heterocycles. The third-order valence-electron chi connectivity index (χ3n) is 3.49. The second-order valence-corrected chi connectivity index (χ2v) is 6.48. The van der Waals surface area contributed by atoms with Crippen molar-refractivity contribution in [2.24, 2.45) is 0 Å². The van der Waals surface area contributed by atoms with Gasteiger partial charge in [0.25, 0.3) is 0 Å². The highest BCUT2D eigenvalue weighted by Gasteiger charge is 2.23. The smallest absolute Gasteiger partial charge is 0.357 e. The fourth-order valence-corrected chi connectivity index (χ4v) is 2.74. The monoisotopic (exact) mass is 356 g/mol. The van der Waals surface area contributed by atoms with Crippen molar-refractivity contribution in [3.8, 4) is 11.5 Å². The average Bonchev–Trinajstić information content (AvgIpc) is 2.47. The first-order valence-corrected chi connectivity index (χ1v) is 8.65. The minimum Gasteiger partial charge on any atom is -0.380 e. The van der Waals surface area contributed by atoms with Crippen LogP contribution in [0.5, 0.6) is 11.5 Å². The predicted octanol–water partition coefficient (Wildman–Crippen LogP) is 3.04. The van der Waals surface area contributed by atoms with Crippen LogP contribution in [0.25, 0.3) is 0 Å². The Morgan fingerprint density at radius 3 is 1.30 bits per heavy atom. The van der Waals surface area contributed by atoms with Crippen LogP contribution in [0.1, 0.15) is 25.0 Å². The molecule has 0 saturated heterocycles. The van der Waals surface area contributed by atoms with Gasteiger partial charge in [0.1, 0.15) is 11.5 Å². The number of hydrogen-bond donors (Lipinski definition) is 2.